The Morgan fingerprint density at radius 1 is 1.03 bits per heavy atom. The standard InChI is InChI=1S/C45H63FN6O6S/c1-32(2)42-49-37(30-59-42)43(55)52-24-27-58-45(31-52)16-20-50(21-17-45)28-35-10-6-8-33(40(35)46)13-25-56-26-14-39(54)51(22-15-44(3,4)5)23-19-47-18-12-34-9-7-11-36-41(34)57-29-38(53)48-36/h6-11,30,32,47H,12-29,31H2,1-5H3,(H,48,53). The van der Waals surface area contributed by atoms with Gasteiger partial charge < -0.3 is 34.6 Å². The van der Waals surface area contributed by atoms with E-state index in [9.17, 15) is 14.4 Å². The smallest absolute Gasteiger partial charge is 0.273 e. The number of benzene rings is 2. The molecule has 2 N–H and O–H groups in total. The predicted octanol–water partition coefficient (Wildman–Crippen LogP) is 6.29. The van der Waals surface area contributed by atoms with Crippen LogP contribution in [0.15, 0.2) is 41.8 Å². The average Bonchev–Trinajstić information content (AvgIpc) is 3.71. The number of carbonyl (C=O) groups is 3. The van der Waals surface area contributed by atoms with Gasteiger partial charge in [-0.25, -0.2) is 9.37 Å². The van der Waals surface area contributed by atoms with Crippen LogP contribution in [-0.4, -0.2) is 122 Å². The summed E-state index contributed by atoms with van der Waals surface area (Å²) in [6.07, 6.45) is 3.86. The molecule has 59 heavy (non-hydrogen) atoms. The quantitative estimate of drug-likeness (QED) is 0.142. The van der Waals surface area contributed by atoms with E-state index in [2.05, 4.69) is 55.1 Å². The number of rotatable bonds is 18. The Bertz CT molecular complexity index is 1890. The molecule has 4 heterocycles. The molecule has 12 nitrogen and oxygen atoms in total. The molecule has 0 bridgehead atoms. The molecule has 1 aromatic heterocycles. The Kier molecular flexibility index (Phi) is 15.5. The number of nitrogens with one attached hydrogen (secondary N) is 2. The molecule has 1 spiro atoms. The fraction of sp³-hybridized carbons (Fsp3) is 0.600. The number of fused-ring (bicyclic) bond motifs is 1. The lowest BCUT2D eigenvalue weighted by Gasteiger charge is -2.47. The third-order valence-corrected chi connectivity index (χ3v) is 12.5. The molecule has 3 aromatic rings. The number of halogens is 1. The van der Waals surface area contributed by atoms with Gasteiger partial charge in [0.1, 0.15) is 17.3 Å². The molecule has 2 aromatic carbocycles. The van der Waals surface area contributed by atoms with Crippen molar-refractivity contribution in [3.63, 3.8) is 0 Å². The molecule has 0 unspecified atom stereocenters. The molecule has 2 fully saturated rings. The van der Waals surface area contributed by atoms with E-state index in [1.54, 1.807) is 0 Å². The van der Waals surface area contributed by atoms with Gasteiger partial charge in [-0.3, -0.25) is 19.3 Å². The predicted molar refractivity (Wildman–Crippen MR) is 229 cm³/mol. The van der Waals surface area contributed by atoms with Crippen LogP contribution < -0.4 is 15.4 Å². The van der Waals surface area contributed by atoms with Crippen molar-refractivity contribution in [1.82, 2.24) is 25.0 Å². The van der Waals surface area contributed by atoms with Gasteiger partial charge in [0.2, 0.25) is 5.91 Å². The van der Waals surface area contributed by atoms with Crippen LogP contribution in [0.4, 0.5) is 10.1 Å². The van der Waals surface area contributed by atoms with Crippen LogP contribution in [-0.2, 0) is 38.4 Å². The zero-order chi connectivity index (χ0) is 42.0. The summed E-state index contributed by atoms with van der Waals surface area (Å²) in [5.41, 5.74) is 3.22. The van der Waals surface area contributed by atoms with Crippen LogP contribution in [0, 0.1) is 11.2 Å². The van der Waals surface area contributed by atoms with Crippen LogP contribution in [0.2, 0.25) is 0 Å². The van der Waals surface area contributed by atoms with E-state index in [0.29, 0.717) is 88.0 Å². The molecule has 6 rings (SSSR count). The summed E-state index contributed by atoms with van der Waals surface area (Å²) in [6, 6.07) is 11.3. The molecule has 3 amide bonds. The second-order valence-corrected chi connectivity index (χ2v) is 18.5. The molecule has 3 aliphatic heterocycles. The zero-order valence-corrected chi connectivity index (χ0v) is 36.4. The van der Waals surface area contributed by atoms with E-state index in [-0.39, 0.29) is 60.1 Å². The summed E-state index contributed by atoms with van der Waals surface area (Å²) in [5, 5.41) is 9.15. The Labute approximate surface area is 353 Å². The highest BCUT2D eigenvalue weighted by atomic mass is 32.1. The summed E-state index contributed by atoms with van der Waals surface area (Å²) in [5.74, 6) is 0.686. The third-order valence-electron chi connectivity index (χ3n) is 11.4. The topological polar surface area (TPSA) is 126 Å². The lowest BCUT2D eigenvalue weighted by atomic mass is 9.89. The van der Waals surface area contributed by atoms with Crippen molar-refractivity contribution in [2.24, 2.45) is 5.41 Å². The first-order valence-electron chi connectivity index (χ1n) is 21.3. The lowest BCUT2D eigenvalue weighted by Crippen LogP contribution is -2.58. The first kappa shape index (κ1) is 44.6. The van der Waals surface area contributed by atoms with Crippen molar-refractivity contribution in [2.45, 2.75) is 91.2 Å². The minimum Gasteiger partial charge on any atom is -0.481 e. The highest BCUT2D eigenvalue weighted by Gasteiger charge is 2.41. The second kappa shape index (κ2) is 20.5. The van der Waals surface area contributed by atoms with Gasteiger partial charge >= 0.3 is 0 Å². The average molecular weight is 835 g/mol. The number of aromatic nitrogens is 1. The van der Waals surface area contributed by atoms with Crippen molar-refractivity contribution < 1.29 is 33.0 Å². The number of amides is 3. The number of piperidine rings is 1. The minimum absolute atomic E-state index is 0.0219. The number of hydrogen-bond donors (Lipinski definition) is 2. The van der Waals surface area contributed by atoms with Gasteiger partial charge in [-0.05, 0) is 61.3 Å². The van der Waals surface area contributed by atoms with Gasteiger partial charge in [-0.15, -0.1) is 11.3 Å². The molecule has 2 saturated heterocycles. The number of nitrogens with zero attached hydrogens (tertiary/aromatic N) is 4. The Balaban J connectivity index is 0.908. The largest absolute Gasteiger partial charge is 0.481 e. The van der Waals surface area contributed by atoms with Crippen molar-refractivity contribution in [3.05, 3.63) is 75.0 Å². The number of hydrogen-bond acceptors (Lipinski definition) is 10. The Morgan fingerprint density at radius 3 is 2.56 bits per heavy atom. The van der Waals surface area contributed by atoms with Crippen LogP contribution >= 0.6 is 11.3 Å². The van der Waals surface area contributed by atoms with Gasteiger partial charge in [0, 0.05) is 62.7 Å². The molecular formula is C45H63FN6O6S. The number of likely N-dealkylation sites (tertiary alicyclic amines) is 1. The van der Waals surface area contributed by atoms with E-state index in [4.69, 9.17) is 14.2 Å². The number of anilines is 1. The lowest BCUT2D eigenvalue weighted by molar-refractivity contribution is -0.132. The first-order chi connectivity index (χ1) is 28.3. The van der Waals surface area contributed by atoms with Crippen molar-refractivity contribution in [1.29, 1.82) is 0 Å². The van der Waals surface area contributed by atoms with Crippen molar-refractivity contribution in [2.75, 3.05) is 84.1 Å². The summed E-state index contributed by atoms with van der Waals surface area (Å²) < 4.78 is 33.7. The molecule has 14 heteroatoms. The summed E-state index contributed by atoms with van der Waals surface area (Å²) >= 11 is 1.54. The Morgan fingerprint density at radius 2 is 1.80 bits per heavy atom. The van der Waals surface area contributed by atoms with Crippen LogP contribution in [0.25, 0.3) is 0 Å². The maximum atomic E-state index is 15.8. The molecule has 0 radical (unpaired) electrons. The molecule has 0 atom stereocenters. The summed E-state index contributed by atoms with van der Waals surface area (Å²) in [4.78, 5) is 49.0. The maximum absolute atomic E-state index is 15.8. The van der Waals surface area contributed by atoms with E-state index < -0.39 is 0 Å². The maximum Gasteiger partial charge on any atom is 0.273 e. The normalized spacial score (nSPS) is 16.9. The first-order valence-corrected chi connectivity index (χ1v) is 22.2. The Hall–Kier alpha value is -3.95. The van der Waals surface area contributed by atoms with E-state index >= 15 is 4.39 Å². The highest BCUT2D eigenvalue weighted by Crippen LogP contribution is 2.33. The van der Waals surface area contributed by atoms with Crippen molar-refractivity contribution in [3.8, 4) is 5.75 Å². The number of para-hydroxylation sites is 1. The van der Waals surface area contributed by atoms with Gasteiger partial charge in [-0.1, -0.05) is 65.0 Å². The highest BCUT2D eigenvalue weighted by molar-refractivity contribution is 7.09. The van der Waals surface area contributed by atoms with E-state index in [1.807, 2.05) is 51.6 Å². The fourth-order valence-electron chi connectivity index (χ4n) is 7.81. The van der Waals surface area contributed by atoms with Crippen LogP contribution in [0.3, 0.4) is 0 Å². The SMILES string of the molecule is CC(C)c1nc(C(=O)N2CCOC3(CCN(Cc4cccc(CCOCCC(=O)N(CCNCCc5cccc6c5OCC(=O)N6)CCC(C)(C)C)c4F)CC3)C2)cs1. The molecular weight excluding hydrogens is 772 g/mol. The number of ether oxygens (including phenoxy) is 3. The van der Waals surface area contributed by atoms with E-state index in [1.165, 1.54) is 11.3 Å². The third kappa shape index (κ3) is 12.5. The fourth-order valence-corrected chi connectivity index (χ4v) is 8.62. The molecule has 3 aliphatic rings. The summed E-state index contributed by atoms with van der Waals surface area (Å²) in [6.45, 7) is 17.6. The molecule has 322 valence electrons. The van der Waals surface area contributed by atoms with Crippen LogP contribution in [0.5, 0.6) is 5.75 Å². The second-order valence-electron chi connectivity index (χ2n) is 17.6. The summed E-state index contributed by atoms with van der Waals surface area (Å²) in [7, 11) is 0. The number of morpholine rings is 1. The zero-order valence-electron chi connectivity index (χ0n) is 35.6. The number of thiazole rings is 1. The van der Waals surface area contributed by atoms with Gasteiger partial charge in [0.15, 0.2) is 6.61 Å². The van der Waals surface area contributed by atoms with Crippen LogP contribution in [0.1, 0.15) is 98.4 Å². The number of carbonyl (C=O) groups excluding carboxylic acids is 3. The van der Waals surface area contributed by atoms with Gasteiger partial charge in [0.05, 0.1) is 49.1 Å². The minimum atomic E-state index is -0.386. The molecule has 0 aliphatic carbocycles. The molecule has 0 saturated carbocycles. The van der Waals surface area contributed by atoms with Gasteiger partial charge in [-0.2, -0.15) is 0 Å². The van der Waals surface area contributed by atoms with Crippen molar-refractivity contribution >= 4 is 34.7 Å². The van der Waals surface area contributed by atoms with E-state index in [0.717, 1.165) is 55.1 Å². The monoisotopic (exact) mass is 834 g/mol. The van der Waals surface area contributed by atoms with Gasteiger partial charge in [0.25, 0.3) is 11.8 Å².